The first kappa shape index (κ1) is 18.6. The van der Waals surface area contributed by atoms with Gasteiger partial charge in [0.2, 0.25) is 0 Å². The van der Waals surface area contributed by atoms with Crippen molar-refractivity contribution in [1.29, 1.82) is 0 Å². The monoisotopic (exact) mass is 408 g/mol. The fourth-order valence-corrected chi connectivity index (χ4v) is 4.49. The quantitative estimate of drug-likeness (QED) is 0.330. The molecule has 0 bridgehead atoms. The van der Waals surface area contributed by atoms with Crippen LogP contribution in [0.15, 0.2) is 96.4 Å². The molecule has 0 fully saturated rings. The fourth-order valence-electron chi connectivity index (χ4n) is 3.54. The van der Waals surface area contributed by atoms with Crippen molar-refractivity contribution >= 4 is 22.5 Å². The van der Waals surface area contributed by atoms with Crippen LogP contribution in [0.5, 0.6) is 0 Å². The van der Waals surface area contributed by atoms with Crippen molar-refractivity contribution in [3.63, 3.8) is 0 Å². The van der Waals surface area contributed by atoms with Crippen molar-refractivity contribution < 1.29 is 0 Å². The van der Waals surface area contributed by atoms with Crippen molar-refractivity contribution in [2.45, 2.75) is 17.8 Å². The molecule has 30 heavy (non-hydrogen) atoms. The lowest BCUT2D eigenvalue weighted by Crippen LogP contribution is -2.00. The lowest BCUT2D eigenvalue weighted by atomic mass is 10.1. The average Bonchev–Trinajstić information content (AvgIpc) is 3.23. The van der Waals surface area contributed by atoms with E-state index in [0.717, 1.165) is 28.0 Å². The Morgan fingerprint density at radius 3 is 2.40 bits per heavy atom. The van der Waals surface area contributed by atoms with Gasteiger partial charge in [-0.05, 0) is 47.5 Å². The van der Waals surface area contributed by atoms with Gasteiger partial charge in [0.25, 0.3) is 0 Å². The molecule has 5 heteroatoms. The molecule has 0 aliphatic rings. The maximum atomic E-state index is 4.54. The molecule has 0 saturated heterocycles. The Bertz CT molecular complexity index is 1290. The summed E-state index contributed by atoms with van der Waals surface area (Å²) in [5, 5.41) is 12.5. The number of aryl methyl sites for hydroxylation is 1. The largest absolute Gasteiger partial charge is 0.270 e. The fraction of sp³-hybridized carbons (Fsp3) is 0.0800. The number of rotatable bonds is 5. The summed E-state index contributed by atoms with van der Waals surface area (Å²) in [4.78, 5) is 4.13. The van der Waals surface area contributed by atoms with Gasteiger partial charge in [0.1, 0.15) is 0 Å². The molecule has 0 N–H and O–H groups in total. The Morgan fingerprint density at radius 1 is 0.800 bits per heavy atom. The molecule has 0 atom stereocenters. The molecule has 0 spiro atoms. The number of pyridine rings is 1. The van der Waals surface area contributed by atoms with E-state index in [1.54, 1.807) is 24.2 Å². The van der Waals surface area contributed by atoms with Crippen LogP contribution in [-0.2, 0) is 5.75 Å². The normalized spacial score (nSPS) is 11.1. The minimum atomic E-state index is 0.821. The maximum absolute atomic E-state index is 4.54. The summed E-state index contributed by atoms with van der Waals surface area (Å²) in [7, 11) is 0. The summed E-state index contributed by atoms with van der Waals surface area (Å²) >= 11 is 1.70. The van der Waals surface area contributed by atoms with E-state index in [9.17, 15) is 0 Å². The van der Waals surface area contributed by atoms with Gasteiger partial charge < -0.3 is 0 Å². The summed E-state index contributed by atoms with van der Waals surface area (Å²) in [5.74, 6) is 1.64. The lowest BCUT2D eigenvalue weighted by molar-refractivity contribution is 0.885. The van der Waals surface area contributed by atoms with Crippen LogP contribution in [0.3, 0.4) is 0 Å². The zero-order valence-electron chi connectivity index (χ0n) is 16.6. The summed E-state index contributed by atoms with van der Waals surface area (Å²) in [6.45, 7) is 2.09. The second-order valence-electron chi connectivity index (χ2n) is 7.14. The molecular formula is C25H20N4S. The molecule has 0 amide bonds. The summed E-state index contributed by atoms with van der Waals surface area (Å²) in [6.07, 6.45) is 3.57. The topological polar surface area (TPSA) is 43.6 Å². The van der Waals surface area contributed by atoms with Gasteiger partial charge in [-0.1, -0.05) is 71.9 Å². The first-order valence-electron chi connectivity index (χ1n) is 9.82. The number of aromatic nitrogens is 4. The van der Waals surface area contributed by atoms with Crippen LogP contribution >= 0.6 is 11.8 Å². The Morgan fingerprint density at radius 2 is 1.57 bits per heavy atom. The molecule has 146 valence electrons. The third-order valence-electron chi connectivity index (χ3n) is 5.10. The number of fused-ring (bicyclic) bond motifs is 1. The van der Waals surface area contributed by atoms with Gasteiger partial charge in [-0.25, -0.2) is 0 Å². The average molecular weight is 409 g/mol. The van der Waals surface area contributed by atoms with Gasteiger partial charge in [0.15, 0.2) is 11.0 Å². The van der Waals surface area contributed by atoms with Crippen LogP contribution in [0.25, 0.3) is 27.8 Å². The second kappa shape index (κ2) is 8.13. The second-order valence-corrected chi connectivity index (χ2v) is 8.08. The van der Waals surface area contributed by atoms with Crippen molar-refractivity contribution in [3.05, 3.63) is 102 Å². The first-order chi connectivity index (χ1) is 14.8. The zero-order valence-corrected chi connectivity index (χ0v) is 17.4. The van der Waals surface area contributed by atoms with Gasteiger partial charge >= 0.3 is 0 Å². The van der Waals surface area contributed by atoms with E-state index < -0.39 is 0 Å². The molecule has 4 nitrogen and oxygen atoms in total. The van der Waals surface area contributed by atoms with Crippen molar-refractivity contribution in [2.24, 2.45) is 0 Å². The lowest BCUT2D eigenvalue weighted by Gasteiger charge is -2.11. The van der Waals surface area contributed by atoms with Crippen LogP contribution < -0.4 is 0 Å². The van der Waals surface area contributed by atoms with Gasteiger partial charge in [-0.2, -0.15) is 0 Å². The molecule has 0 aliphatic carbocycles. The predicted octanol–water partition coefficient (Wildman–Crippen LogP) is 6.08. The number of nitrogens with zero attached hydrogens (tertiary/aromatic N) is 4. The van der Waals surface area contributed by atoms with E-state index in [4.69, 9.17) is 0 Å². The highest BCUT2D eigenvalue weighted by atomic mass is 32.2. The third-order valence-corrected chi connectivity index (χ3v) is 6.08. The van der Waals surface area contributed by atoms with Crippen molar-refractivity contribution in [3.8, 4) is 17.1 Å². The first-order valence-corrected chi connectivity index (χ1v) is 10.8. The smallest absolute Gasteiger partial charge is 0.196 e. The van der Waals surface area contributed by atoms with Gasteiger partial charge in [-0.15, -0.1) is 10.2 Å². The highest BCUT2D eigenvalue weighted by molar-refractivity contribution is 7.98. The molecule has 2 aromatic heterocycles. The molecule has 0 saturated carbocycles. The van der Waals surface area contributed by atoms with Gasteiger partial charge in [0.05, 0.1) is 0 Å². The molecular weight excluding hydrogens is 388 g/mol. The Kier molecular flexibility index (Phi) is 5.03. The van der Waals surface area contributed by atoms with Crippen LogP contribution in [-0.4, -0.2) is 19.7 Å². The van der Waals surface area contributed by atoms with E-state index in [1.165, 1.54) is 21.9 Å². The molecule has 2 heterocycles. The minimum absolute atomic E-state index is 0.821. The van der Waals surface area contributed by atoms with Crippen molar-refractivity contribution in [1.82, 2.24) is 19.7 Å². The van der Waals surface area contributed by atoms with E-state index in [-0.39, 0.29) is 0 Å². The highest BCUT2D eigenvalue weighted by Crippen LogP contribution is 2.31. The number of benzene rings is 3. The number of thioether (sulfide) groups is 1. The Labute approximate surface area is 179 Å². The van der Waals surface area contributed by atoms with E-state index in [0.29, 0.717) is 0 Å². The minimum Gasteiger partial charge on any atom is -0.270 e. The zero-order chi connectivity index (χ0) is 20.3. The van der Waals surface area contributed by atoms with Gasteiger partial charge in [0, 0.05) is 29.4 Å². The van der Waals surface area contributed by atoms with Gasteiger partial charge in [-0.3, -0.25) is 9.55 Å². The molecule has 5 aromatic rings. The molecule has 3 aromatic carbocycles. The van der Waals surface area contributed by atoms with E-state index >= 15 is 0 Å². The van der Waals surface area contributed by atoms with Crippen LogP contribution in [0, 0.1) is 6.92 Å². The number of hydrogen-bond acceptors (Lipinski definition) is 4. The summed E-state index contributed by atoms with van der Waals surface area (Å²) in [5.41, 5.74) is 4.57. The standard InChI is InChI=1S/C25H20N4S/c1-18-9-11-22(12-10-18)29-24(20-13-15-26-16-14-20)27-28-25(29)30-17-21-7-4-6-19-5-2-3-8-23(19)21/h2-16H,17H2,1H3. The van der Waals surface area contributed by atoms with E-state index in [1.807, 2.05) is 12.1 Å². The summed E-state index contributed by atoms with van der Waals surface area (Å²) in [6, 6.07) is 27.4. The summed E-state index contributed by atoms with van der Waals surface area (Å²) < 4.78 is 2.13. The van der Waals surface area contributed by atoms with E-state index in [2.05, 4.69) is 93.4 Å². The predicted molar refractivity (Wildman–Crippen MR) is 123 cm³/mol. The molecule has 0 aliphatic heterocycles. The molecule has 0 unspecified atom stereocenters. The molecule has 5 rings (SSSR count). The SMILES string of the molecule is Cc1ccc(-n2c(SCc3cccc4ccccc34)nnc2-c2ccncc2)cc1. The third kappa shape index (κ3) is 3.60. The highest BCUT2D eigenvalue weighted by Gasteiger charge is 2.16. The molecule has 0 radical (unpaired) electrons. The van der Waals surface area contributed by atoms with Crippen LogP contribution in [0.1, 0.15) is 11.1 Å². The maximum Gasteiger partial charge on any atom is 0.196 e. The van der Waals surface area contributed by atoms with Crippen molar-refractivity contribution in [2.75, 3.05) is 0 Å². The Balaban J connectivity index is 1.55. The Hall–Kier alpha value is -3.44. The number of hydrogen-bond donors (Lipinski definition) is 0. The van der Waals surface area contributed by atoms with Crippen LogP contribution in [0.2, 0.25) is 0 Å². The van der Waals surface area contributed by atoms with Crippen LogP contribution in [0.4, 0.5) is 0 Å².